The Bertz CT molecular complexity index is 422. The minimum Gasteiger partial charge on any atom is -0.465 e. The highest BCUT2D eigenvalue weighted by molar-refractivity contribution is 5.66. The van der Waals surface area contributed by atoms with Gasteiger partial charge in [-0.25, -0.2) is 4.79 Å². The zero-order chi connectivity index (χ0) is 13.2. The number of carbonyl (C=O) groups is 1. The van der Waals surface area contributed by atoms with Crippen LogP contribution >= 0.6 is 0 Å². The van der Waals surface area contributed by atoms with Gasteiger partial charge in [-0.1, -0.05) is 30.3 Å². The van der Waals surface area contributed by atoms with Crippen LogP contribution in [0, 0.1) is 0 Å². The number of aliphatic hydroxyl groups excluding tert-OH is 1. The fourth-order valence-corrected chi connectivity index (χ4v) is 2.45. The molecule has 1 aliphatic rings. The summed E-state index contributed by atoms with van der Waals surface area (Å²) in [6.07, 6.45) is -0.205. The van der Waals surface area contributed by atoms with Crippen LogP contribution in [-0.2, 0) is 5.60 Å². The largest absolute Gasteiger partial charge is 0.465 e. The van der Waals surface area contributed by atoms with Crippen LogP contribution in [0.1, 0.15) is 18.4 Å². The molecule has 98 valence electrons. The van der Waals surface area contributed by atoms with Crippen LogP contribution in [0.15, 0.2) is 30.3 Å². The second-order valence-electron chi connectivity index (χ2n) is 4.68. The molecule has 5 heteroatoms. The van der Waals surface area contributed by atoms with Crippen molar-refractivity contribution in [2.75, 3.05) is 13.2 Å². The van der Waals surface area contributed by atoms with Crippen LogP contribution in [0.4, 0.5) is 4.79 Å². The van der Waals surface area contributed by atoms with Gasteiger partial charge in [0, 0.05) is 0 Å². The molecule has 18 heavy (non-hydrogen) atoms. The molecule has 0 aromatic heterocycles. The molecule has 1 saturated heterocycles. The molecule has 1 heterocycles. The summed E-state index contributed by atoms with van der Waals surface area (Å²) in [5, 5.41) is 28.9. The van der Waals surface area contributed by atoms with Crippen LogP contribution in [0.5, 0.6) is 0 Å². The smallest absolute Gasteiger partial charge is 0.407 e. The maximum Gasteiger partial charge on any atom is 0.407 e. The van der Waals surface area contributed by atoms with Gasteiger partial charge in [0.1, 0.15) is 5.60 Å². The summed E-state index contributed by atoms with van der Waals surface area (Å²) in [6, 6.07) is 8.64. The molecule has 2 atom stereocenters. The molecule has 2 unspecified atom stereocenters. The molecular formula is C13H17NO4. The third-order valence-electron chi connectivity index (χ3n) is 3.53. The third kappa shape index (κ3) is 2.32. The Kier molecular flexibility index (Phi) is 3.54. The number of hydrogen-bond acceptors (Lipinski definition) is 3. The first-order valence-electron chi connectivity index (χ1n) is 5.95. The average molecular weight is 251 g/mol. The fourth-order valence-electron chi connectivity index (χ4n) is 2.45. The molecule has 0 saturated carbocycles. The number of benzene rings is 1. The summed E-state index contributed by atoms with van der Waals surface area (Å²) < 4.78 is 0. The molecule has 2 rings (SSSR count). The second kappa shape index (κ2) is 4.96. The van der Waals surface area contributed by atoms with Crippen molar-refractivity contribution >= 4 is 6.09 Å². The topological polar surface area (TPSA) is 81.0 Å². The minimum atomic E-state index is -1.16. The summed E-state index contributed by atoms with van der Waals surface area (Å²) in [4.78, 5) is 12.3. The predicted octanol–water partition coefficient (Wildman–Crippen LogP) is 1.01. The van der Waals surface area contributed by atoms with E-state index >= 15 is 0 Å². The van der Waals surface area contributed by atoms with E-state index in [0.717, 1.165) is 4.90 Å². The van der Waals surface area contributed by atoms with E-state index in [1.54, 1.807) is 12.1 Å². The number of carboxylic acid groups (broad SMARTS) is 1. The number of rotatable bonds is 2. The lowest BCUT2D eigenvalue weighted by Gasteiger charge is -2.42. The van der Waals surface area contributed by atoms with Crippen molar-refractivity contribution in [1.82, 2.24) is 4.90 Å². The maximum atomic E-state index is 11.1. The van der Waals surface area contributed by atoms with E-state index < -0.39 is 17.7 Å². The van der Waals surface area contributed by atoms with Crippen molar-refractivity contribution in [2.24, 2.45) is 0 Å². The van der Waals surface area contributed by atoms with E-state index in [4.69, 9.17) is 10.2 Å². The van der Waals surface area contributed by atoms with Crippen LogP contribution < -0.4 is 0 Å². The van der Waals surface area contributed by atoms with Gasteiger partial charge in [0.15, 0.2) is 0 Å². The van der Waals surface area contributed by atoms with E-state index in [0.29, 0.717) is 18.4 Å². The van der Waals surface area contributed by atoms with Crippen LogP contribution in [0.3, 0.4) is 0 Å². The van der Waals surface area contributed by atoms with Crippen molar-refractivity contribution in [3.63, 3.8) is 0 Å². The van der Waals surface area contributed by atoms with Gasteiger partial charge in [0.05, 0.1) is 19.2 Å². The number of nitrogens with zero attached hydrogens (tertiary/aromatic N) is 1. The van der Waals surface area contributed by atoms with Gasteiger partial charge in [-0.3, -0.25) is 4.90 Å². The highest BCUT2D eigenvalue weighted by Gasteiger charge is 2.41. The summed E-state index contributed by atoms with van der Waals surface area (Å²) in [5.41, 5.74) is -0.446. The number of amides is 1. The Morgan fingerprint density at radius 3 is 2.61 bits per heavy atom. The van der Waals surface area contributed by atoms with E-state index in [-0.39, 0.29) is 13.2 Å². The Morgan fingerprint density at radius 2 is 2.06 bits per heavy atom. The monoisotopic (exact) mass is 251 g/mol. The van der Waals surface area contributed by atoms with Crippen molar-refractivity contribution in [3.05, 3.63) is 35.9 Å². The lowest BCUT2D eigenvalue weighted by Crippen LogP contribution is -2.54. The van der Waals surface area contributed by atoms with Gasteiger partial charge >= 0.3 is 6.09 Å². The Balaban J connectivity index is 2.24. The number of β-amino-alcohol motifs (C(OH)–C–C–N with tert-alkyl or cyclic N) is 1. The first kappa shape index (κ1) is 12.9. The predicted molar refractivity (Wildman–Crippen MR) is 65.2 cm³/mol. The lowest BCUT2D eigenvalue weighted by molar-refractivity contribution is -0.0570. The quantitative estimate of drug-likeness (QED) is 0.732. The summed E-state index contributed by atoms with van der Waals surface area (Å²) >= 11 is 0. The SMILES string of the molecule is O=C(O)N1CC(O)(c2ccccc2)CCC1CO. The third-order valence-corrected chi connectivity index (χ3v) is 3.53. The molecule has 1 amide bonds. The van der Waals surface area contributed by atoms with E-state index in [2.05, 4.69) is 0 Å². The molecular weight excluding hydrogens is 234 g/mol. The molecule has 0 aliphatic carbocycles. The molecule has 1 fully saturated rings. The van der Waals surface area contributed by atoms with Gasteiger partial charge in [-0.15, -0.1) is 0 Å². The average Bonchev–Trinajstić information content (AvgIpc) is 2.39. The van der Waals surface area contributed by atoms with Gasteiger partial charge < -0.3 is 15.3 Å². The number of hydrogen-bond donors (Lipinski definition) is 3. The number of likely N-dealkylation sites (tertiary alicyclic amines) is 1. The zero-order valence-corrected chi connectivity index (χ0v) is 9.99. The van der Waals surface area contributed by atoms with Crippen LogP contribution in [0.25, 0.3) is 0 Å². The van der Waals surface area contributed by atoms with Crippen molar-refractivity contribution in [3.8, 4) is 0 Å². The van der Waals surface area contributed by atoms with Crippen molar-refractivity contribution in [2.45, 2.75) is 24.5 Å². The first-order chi connectivity index (χ1) is 8.57. The number of aliphatic hydroxyl groups is 2. The molecule has 1 aromatic rings. The van der Waals surface area contributed by atoms with Gasteiger partial charge in [0.25, 0.3) is 0 Å². The fraction of sp³-hybridized carbons (Fsp3) is 0.462. The van der Waals surface area contributed by atoms with Crippen LogP contribution in [0.2, 0.25) is 0 Å². The maximum absolute atomic E-state index is 11.1. The van der Waals surface area contributed by atoms with E-state index in [9.17, 15) is 9.90 Å². The van der Waals surface area contributed by atoms with Gasteiger partial charge in [-0.05, 0) is 18.4 Å². The van der Waals surface area contributed by atoms with Gasteiger partial charge in [-0.2, -0.15) is 0 Å². The van der Waals surface area contributed by atoms with Crippen LogP contribution in [-0.4, -0.2) is 45.5 Å². The molecule has 1 aliphatic heterocycles. The molecule has 0 radical (unpaired) electrons. The molecule has 0 bridgehead atoms. The van der Waals surface area contributed by atoms with Gasteiger partial charge in [0.2, 0.25) is 0 Å². The molecule has 3 N–H and O–H groups in total. The first-order valence-corrected chi connectivity index (χ1v) is 5.95. The van der Waals surface area contributed by atoms with Crippen molar-refractivity contribution in [1.29, 1.82) is 0 Å². The highest BCUT2D eigenvalue weighted by Crippen LogP contribution is 2.33. The number of piperidine rings is 1. The standard InChI is InChI=1S/C13H17NO4/c15-8-11-6-7-13(18,9-14(11)12(16)17)10-4-2-1-3-5-10/h1-5,11,15,18H,6-9H2,(H,16,17). The second-order valence-corrected chi connectivity index (χ2v) is 4.68. The lowest BCUT2D eigenvalue weighted by atomic mass is 9.83. The molecule has 5 nitrogen and oxygen atoms in total. The summed E-state index contributed by atoms with van der Waals surface area (Å²) in [7, 11) is 0. The summed E-state index contributed by atoms with van der Waals surface area (Å²) in [5.74, 6) is 0. The Hall–Kier alpha value is -1.59. The highest BCUT2D eigenvalue weighted by atomic mass is 16.4. The normalized spacial score (nSPS) is 28.1. The Labute approximate surface area is 105 Å². The summed E-state index contributed by atoms with van der Waals surface area (Å²) in [6.45, 7) is -0.214. The molecule has 1 aromatic carbocycles. The Morgan fingerprint density at radius 1 is 1.39 bits per heavy atom. The minimum absolute atomic E-state index is 0.00241. The van der Waals surface area contributed by atoms with E-state index in [1.807, 2.05) is 18.2 Å². The zero-order valence-electron chi connectivity index (χ0n) is 9.99. The van der Waals surface area contributed by atoms with Crippen molar-refractivity contribution < 1.29 is 20.1 Å². The molecule has 0 spiro atoms. The van der Waals surface area contributed by atoms with E-state index in [1.165, 1.54) is 0 Å².